The summed E-state index contributed by atoms with van der Waals surface area (Å²) in [6, 6.07) is 19.0. The number of piperazine rings is 1. The maximum Gasteiger partial charge on any atom is 0.326 e. The molecule has 3 aromatic rings. The van der Waals surface area contributed by atoms with Gasteiger partial charge in [-0.3, -0.25) is 14.7 Å². The van der Waals surface area contributed by atoms with Crippen LogP contribution in [0.15, 0.2) is 71.7 Å². The Labute approximate surface area is 271 Å². The summed E-state index contributed by atoms with van der Waals surface area (Å²) in [7, 11) is 3.15. The van der Waals surface area contributed by atoms with Gasteiger partial charge in [-0.1, -0.05) is 75.2 Å². The number of benzene rings is 3. The minimum absolute atomic E-state index is 0.00481. The van der Waals surface area contributed by atoms with Gasteiger partial charge in [0.1, 0.15) is 29.9 Å². The van der Waals surface area contributed by atoms with E-state index in [0.717, 1.165) is 11.1 Å². The second-order valence-electron chi connectivity index (χ2n) is 9.56. The van der Waals surface area contributed by atoms with Crippen LogP contribution in [0.2, 0.25) is 10.0 Å². The molecule has 8 nitrogen and oxygen atoms in total. The molecular weight excluding hydrogens is 599 g/mol. The molecule has 2 unspecified atom stereocenters. The molecule has 2 atom stereocenters. The van der Waals surface area contributed by atoms with E-state index in [4.69, 9.17) is 37.7 Å². The van der Waals surface area contributed by atoms with Gasteiger partial charge in [0.05, 0.1) is 25.8 Å². The van der Waals surface area contributed by atoms with Crippen LogP contribution < -0.4 is 9.47 Å². The highest BCUT2D eigenvalue weighted by Gasteiger charge is 2.45. The van der Waals surface area contributed by atoms with Crippen LogP contribution in [-0.4, -0.2) is 72.9 Å². The van der Waals surface area contributed by atoms with Gasteiger partial charge in [-0.2, -0.15) is 0 Å². The summed E-state index contributed by atoms with van der Waals surface area (Å²) in [6.45, 7) is 11.4. The number of nitrogens with zero attached hydrogens (tertiary/aromatic N) is 4. The number of urea groups is 1. The third kappa shape index (κ3) is 7.48. The van der Waals surface area contributed by atoms with Gasteiger partial charge in [0.25, 0.3) is 0 Å². The topological polar surface area (TPSA) is 74.7 Å². The Hall–Kier alpha value is -3.75. The standard InChI is InChI=1S/C30H30Cl2N4O4.2C2H6/c1-4-34-15-16-35(18-26(34)37)30(38)36-28(20-7-11-22(32)12-8-20)27(19-5-9-21(31)10-6-19)33-29(36)24-14-13-23(39-2)17-25(24)40-3;2*1-2/h5-14,17,27-28H,4,15-16,18H2,1-3H3;2*1-2H3. The van der Waals surface area contributed by atoms with E-state index in [2.05, 4.69) is 0 Å². The van der Waals surface area contributed by atoms with E-state index in [-0.39, 0.29) is 18.5 Å². The predicted molar refractivity (Wildman–Crippen MR) is 178 cm³/mol. The molecule has 0 spiro atoms. The molecule has 2 aliphatic heterocycles. The number of carbonyl (C=O) groups excluding carboxylic acids is 2. The Bertz CT molecular complexity index is 1430. The molecule has 0 bridgehead atoms. The lowest BCUT2D eigenvalue weighted by Crippen LogP contribution is -2.56. The zero-order valence-electron chi connectivity index (χ0n) is 26.5. The lowest BCUT2D eigenvalue weighted by atomic mass is 9.93. The number of amides is 3. The van der Waals surface area contributed by atoms with Crippen LogP contribution in [0.3, 0.4) is 0 Å². The van der Waals surface area contributed by atoms with Crippen LogP contribution in [0.4, 0.5) is 4.79 Å². The van der Waals surface area contributed by atoms with Crippen molar-refractivity contribution >= 4 is 41.0 Å². The number of hydrogen-bond donors (Lipinski definition) is 0. The molecule has 1 saturated heterocycles. The molecule has 236 valence electrons. The van der Waals surface area contributed by atoms with Crippen LogP contribution in [-0.2, 0) is 4.79 Å². The van der Waals surface area contributed by atoms with Crippen molar-refractivity contribution < 1.29 is 19.1 Å². The Morgan fingerprint density at radius 1 is 0.864 bits per heavy atom. The molecule has 3 aromatic carbocycles. The number of halogens is 2. The molecule has 0 N–H and O–H groups in total. The van der Waals surface area contributed by atoms with E-state index < -0.39 is 12.1 Å². The summed E-state index contributed by atoms with van der Waals surface area (Å²) in [4.78, 5) is 37.4. The number of amidine groups is 1. The number of likely N-dealkylation sites (N-methyl/N-ethyl adjacent to an activating group) is 1. The Morgan fingerprint density at radius 3 is 1.98 bits per heavy atom. The van der Waals surface area contributed by atoms with Crippen molar-refractivity contribution in [3.63, 3.8) is 0 Å². The number of rotatable bonds is 6. The Balaban J connectivity index is 0.00000127. The van der Waals surface area contributed by atoms with Crippen molar-refractivity contribution in [3.05, 3.63) is 93.5 Å². The number of hydrogen-bond acceptors (Lipinski definition) is 5. The second-order valence-corrected chi connectivity index (χ2v) is 10.4. The molecule has 2 heterocycles. The molecule has 5 rings (SSSR count). The maximum absolute atomic E-state index is 14.4. The molecule has 0 aliphatic carbocycles. The number of carbonyl (C=O) groups is 2. The van der Waals surface area contributed by atoms with Gasteiger partial charge in [-0.15, -0.1) is 0 Å². The van der Waals surface area contributed by atoms with Crippen LogP contribution >= 0.6 is 23.2 Å². The lowest BCUT2D eigenvalue weighted by molar-refractivity contribution is -0.134. The summed E-state index contributed by atoms with van der Waals surface area (Å²) >= 11 is 12.5. The van der Waals surface area contributed by atoms with Crippen LogP contribution in [0, 0.1) is 0 Å². The number of aliphatic imine (C=N–C) groups is 1. The quantitative estimate of drug-likeness (QED) is 0.274. The van der Waals surface area contributed by atoms with Gasteiger partial charge < -0.3 is 19.3 Å². The van der Waals surface area contributed by atoms with Gasteiger partial charge >= 0.3 is 6.03 Å². The molecular formula is C34H42Cl2N4O4. The van der Waals surface area contributed by atoms with Crippen molar-refractivity contribution in [1.29, 1.82) is 0 Å². The first-order chi connectivity index (χ1) is 21.3. The first-order valence-electron chi connectivity index (χ1n) is 15.0. The van der Waals surface area contributed by atoms with E-state index >= 15 is 0 Å². The smallest absolute Gasteiger partial charge is 0.326 e. The van der Waals surface area contributed by atoms with Gasteiger partial charge in [-0.25, -0.2) is 4.79 Å². The van der Waals surface area contributed by atoms with E-state index in [1.807, 2.05) is 77.1 Å². The monoisotopic (exact) mass is 640 g/mol. The van der Waals surface area contributed by atoms with Crippen molar-refractivity contribution in [2.45, 2.75) is 46.7 Å². The molecule has 0 radical (unpaired) electrons. The summed E-state index contributed by atoms with van der Waals surface area (Å²) in [5.74, 6) is 1.48. The summed E-state index contributed by atoms with van der Waals surface area (Å²) in [5, 5.41) is 1.19. The fourth-order valence-electron chi connectivity index (χ4n) is 5.20. The molecule has 3 amide bonds. The first kappa shape index (κ1) is 34.7. The summed E-state index contributed by atoms with van der Waals surface area (Å²) < 4.78 is 11.1. The fourth-order valence-corrected chi connectivity index (χ4v) is 5.45. The van der Waals surface area contributed by atoms with Gasteiger partial charge in [0, 0.05) is 35.7 Å². The van der Waals surface area contributed by atoms with E-state index in [0.29, 0.717) is 52.6 Å². The Kier molecular flexibility index (Phi) is 12.9. The van der Waals surface area contributed by atoms with Gasteiger partial charge in [0.2, 0.25) is 5.91 Å². The number of ether oxygens (including phenoxy) is 2. The first-order valence-corrected chi connectivity index (χ1v) is 15.8. The Morgan fingerprint density at radius 2 is 1.45 bits per heavy atom. The van der Waals surface area contributed by atoms with Gasteiger partial charge in [-0.05, 0) is 54.4 Å². The fraction of sp³-hybridized carbons (Fsp3) is 0.382. The average Bonchev–Trinajstić information content (AvgIpc) is 3.46. The zero-order chi connectivity index (χ0) is 32.4. The largest absolute Gasteiger partial charge is 0.497 e. The highest BCUT2D eigenvalue weighted by atomic mass is 35.5. The molecule has 0 saturated carbocycles. The second kappa shape index (κ2) is 16.4. The normalized spacial score (nSPS) is 17.6. The van der Waals surface area contributed by atoms with Crippen molar-refractivity contribution in [1.82, 2.24) is 14.7 Å². The summed E-state index contributed by atoms with van der Waals surface area (Å²) in [6.07, 6.45) is 0. The zero-order valence-corrected chi connectivity index (χ0v) is 28.0. The van der Waals surface area contributed by atoms with E-state index in [1.54, 1.807) is 53.2 Å². The SMILES string of the molecule is CC.CC.CCN1CCN(C(=O)N2C(c3ccc(OC)cc3OC)=NC(c3ccc(Cl)cc3)C2c2ccc(Cl)cc2)CC1=O. The molecule has 44 heavy (non-hydrogen) atoms. The van der Waals surface area contributed by atoms with Crippen molar-refractivity contribution in [3.8, 4) is 11.5 Å². The van der Waals surface area contributed by atoms with E-state index in [9.17, 15) is 9.59 Å². The van der Waals surface area contributed by atoms with Crippen molar-refractivity contribution in [2.75, 3.05) is 40.4 Å². The number of methoxy groups -OCH3 is 2. The highest BCUT2D eigenvalue weighted by Crippen LogP contribution is 2.45. The maximum atomic E-state index is 14.4. The minimum Gasteiger partial charge on any atom is -0.497 e. The summed E-state index contributed by atoms with van der Waals surface area (Å²) in [5.41, 5.74) is 2.37. The highest BCUT2D eigenvalue weighted by molar-refractivity contribution is 6.30. The van der Waals surface area contributed by atoms with E-state index in [1.165, 1.54) is 0 Å². The lowest BCUT2D eigenvalue weighted by Gasteiger charge is -2.38. The van der Waals surface area contributed by atoms with Crippen LogP contribution in [0.1, 0.15) is 63.4 Å². The predicted octanol–water partition coefficient (Wildman–Crippen LogP) is 7.89. The molecule has 1 fully saturated rings. The molecule has 10 heteroatoms. The van der Waals surface area contributed by atoms with Gasteiger partial charge in [0.15, 0.2) is 0 Å². The third-order valence-electron chi connectivity index (χ3n) is 7.32. The van der Waals surface area contributed by atoms with Crippen LogP contribution in [0.5, 0.6) is 11.5 Å². The van der Waals surface area contributed by atoms with Crippen LogP contribution in [0.25, 0.3) is 0 Å². The minimum atomic E-state index is -0.521. The average molecular weight is 642 g/mol. The van der Waals surface area contributed by atoms with Crippen molar-refractivity contribution in [2.24, 2.45) is 4.99 Å². The molecule has 0 aromatic heterocycles. The third-order valence-corrected chi connectivity index (χ3v) is 7.82. The molecule has 2 aliphatic rings.